The van der Waals surface area contributed by atoms with E-state index < -0.39 is 11.6 Å². The Hall–Kier alpha value is -1.58. The zero-order valence-electron chi connectivity index (χ0n) is 13.4. The SMILES string of the molecule is C=NC(CC)[C@@H](CC(CC)CCC=O)c1ccc(F)c(F)c1. The predicted molar refractivity (Wildman–Crippen MR) is 86.4 cm³/mol. The van der Waals surface area contributed by atoms with Crippen LogP contribution in [0, 0.1) is 17.6 Å². The fourth-order valence-electron chi connectivity index (χ4n) is 2.95. The van der Waals surface area contributed by atoms with Gasteiger partial charge in [0.05, 0.1) is 6.04 Å². The highest BCUT2D eigenvalue weighted by Crippen LogP contribution is 2.34. The van der Waals surface area contributed by atoms with Crippen molar-refractivity contribution in [2.24, 2.45) is 10.9 Å². The summed E-state index contributed by atoms with van der Waals surface area (Å²) in [5.74, 6) is -1.31. The van der Waals surface area contributed by atoms with Gasteiger partial charge in [-0.2, -0.15) is 0 Å². The second-order valence-electron chi connectivity index (χ2n) is 5.69. The summed E-state index contributed by atoms with van der Waals surface area (Å²) in [6.07, 6.45) is 4.80. The third-order valence-corrected chi connectivity index (χ3v) is 4.35. The van der Waals surface area contributed by atoms with Crippen LogP contribution in [0.25, 0.3) is 0 Å². The second kappa shape index (κ2) is 9.44. The average Bonchev–Trinajstić information content (AvgIpc) is 2.53. The minimum atomic E-state index is -0.838. The second-order valence-corrected chi connectivity index (χ2v) is 5.69. The van der Waals surface area contributed by atoms with Gasteiger partial charge in [-0.3, -0.25) is 4.99 Å². The summed E-state index contributed by atoms with van der Waals surface area (Å²) in [6, 6.07) is 4.03. The molecule has 0 aliphatic heterocycles. The fraction of sp³-hybridized carbons (Fsp3) is 0.556. The van der Waals surface area contributed by atoms with E-state index in [0.717, 1.165) is 37.5 Å². The molecule has 0 saturated heterocycles. The Kier molecular flexibility index (Phi) is 7.92. The molecule has 0 aromatic heterocycles. The lowest BCUT2D eigenvalue weighted by Gasteiger charge is -2.27. The van der Waals surface area contributed by atoms with Crippen LogP contribution in [-0.2, 0) is 4.79 Å². The van der Waals surface area contributed by atoms with Crippen LogP contribution in [0.3, 0.4) is 0 Å². The molecule has 3 atom stereocenters. The summed E-state index contributed by atoms with van der Waals surface area (Å²) in [6.45, 7) is 7.74. The van der Waals surface area contributed by atoms with Crippen molar-refractivity contribution < 1.29 is 13.6 Å². The van der Waals surface area contributed by atoms with Gasteiger partial charge in [0, 0.05) is 12.3 Å². The lowest BCUT2D eigenvalue weighted by atomic mass is 9.80. The van der Waals surface area contributed by atoms with Crippen LogP contribution in [0.4, 0.5) is 8.78 Å². The number of halogens is 2. The van der Waals surface area contributed by atoms with Crippen molar-refractivity contribution in [2.45, 2.75) is 57.9 Å². The molecule has 0 spiro atoms. The number of nitrogens with zero attached hydrogens (tertiary/aromatic N) is 1. The van der Waals surface area contributed by atoms with E-state index in [2.05, 4.69) is 18.6 Å². The molecule has 1 rings (SSSR count). The Morgan fingerprint density at radius 2 is 1.95 bits per heavy atom. The summed E-state index contributed by atoms with van der Waals surface area (Å²) in [7, 11) is 0. The summed E-state index contributed by atoms with van der Waals surface area (Å²) in [5, 5.41) is 0. The Labute approximate surface area is 131 Å². The highest BCUT2D eigenvalue weighted by Gasteiger charge is 2.24. The molecule has 0 fully saturated rings. The molecule has 122 valence electrons. The van der Waals surface area contributed by atoms with Gasteiger partial charge in [-0.05, 0) is 49.6 Å². The molecule has 2 nitrogen and oxygen atoms in total. The summed E-state index contributed by atoms with van der Waals surface area (Å²) < 4.78 is 26.7. The monoisotopic (exact) mass is 309 g/mol. The van der Waals surface area contributed by atoms with Gasteiger partial charge in [0.25, 0.3) is 0 Å². The molecule has 1 aromatic carbocycles. The van der Waals surface area contributed by atoms with E-state index in [0.29, 0.717) is 12.3 Å². The third kappa shape index (κ3) is 5.00. The van der Waals surface area contributed by atoms with Crippen molar-refractivity contribution in [3.63, 3.8) is 0 Å². The summed E-state index contributed by atoms with van der Waals surface area (Å²) in [4.78, 5) is 14.8. The minimum absolute atomic E-state index is 0.00537. The quantitative estimate of drug-likeness (QED) is 0.445. The Morgan fingerprint density at radius 1 is 1.23 bits per heavy atom. The molecule has 0 amide bonds. The van der Waals surface area contributed by atoms with Crippen molar-refractivity contribution in [3.8, 4) is 0 Å². The van der Waals surface area contributed by atoms with E-state index in [1.807, 2.05) is 6.92 Å². The summed E-state index contributed by atoms with van der Waals surface area (Å²) >= 11 is 0. The zero-order valence-corrected chi connectivity index (χ0v) is 13.4. The predicted octanol–water partition coefficient (Wildman–Crippen LogP) is 4.92. The van der Waals surface area contributed by atoms with Crippen molar-refractivity contribution >= 4 is 13.0 Å². The van der Waals surface area contributed by atoms with Gasteiger partial charge in [-0.25, -0.2) is 8.78 Å². The maximum atomic E-state index is 13.6. The highest BCUT2D eigenvalue weighted by molar-refractivity contribution is 5.49. The van der Waals surface area contributed by atoms with E-state index >= 15 is 0 Å². The molecule has 0 heterocycles. The van der Waals surface area contributed by atoms with Gasteiger partial charge in [-0.1, -0.05) is 26.3 Å². The first-order valence-electron chi connectivity index (χ1n) is 7.91. The van der Waals surface area contributed by atoms with Gasteiger partial charge in [0.1, 0.15) is 6.29 Å². The first-order chi connectivity index (χ1) is 10.6. The molecular weight excluding hydrogens is 284 g/mol. The molecule has 0 aliphatic carbocycles. The summed E-state index contributed by atoms with van der Waals surface area (Å²) in [5.41, 5.74) is 0.753. The molecule has 1 aromatic rings. The van der Waals surface area contributed by atoms with E-state index in [9.17, 15) is 13.6 Å². The van der Waals surface area contributed by atoms with Gasteiger partial charge >= 0.3 is 0 Å². The number of hydrogen-bond acceptors (Lipinski definition) is 2. The van der Waals surface area contributed by atoms with E-state index in [1.54, 1.807) is 6.07 Å². The number of hydrogen-bond donors (Lipinski definition) is 0. The van der Waals surface area contributed by atoms with E-state index in [-0.39, 0.29) is 12.0 Å². The first-order valence-corrected chi connectivity index (χ1v) is 7.91. The number of carbonyl (C=O) groups excluding carboxylic acids is 1. The van der Waals surface area contributed by atoms with Crippen LogP contribution in [0.15, 0.2) is 23.2 Å². The van der Waals surface area contributed by atoms with Crippen LogP contribution >= 0.6 is 0 Å². The van der Waals surface area contributed by atoms with Crippen molar-refractivity contribution in [3.05, 3.63) is 35.4 Å². The Morgan fingerprint density at radius 3 is 2.45 bits per heavy atom. The highest BCUT2D eigenvalue weighted by atomic mass is 19.2. The average molecular weight is 309 g/mol. The standard InChI is InChI=1S/C18H25F2NO/c1-4-13(7-6-10-22)11-15(18(5-2)21-3)14-8-9-16(19)17(20)12-14/h8-10,12-13,15,18H,3-7,11H2,1-2H3/t13?,15-,18?/m0/s1. The van der Waals surface area contributed by atoms with Gasteiger partial charge < -0.3 is 4.79 Å². The topological polar surface area (TPSA) is 29.4 Å². The molecular formula is C18H25F2NO. The van der Waals surface area contributed by atoms with Crippen LogP contribution in [0.5, 0.6) is 0 Å². The maximum Gasteiger partial charge on any atom is 0.159 e. The molecule has 2 unspecified atom stereocenters. The van der Waals surface area contributed by atoms with E-state index in [1.165, 1.54) is 12.1 Å². The molecule has 22 heavy (non-hydrogen) atoms. The molecule has 0 radical (unpaired) electrons. The van der Waals surface area contributed by atoms with Crippen LogP contribution in [-0.4, -0.2) is 19.0 Å². The van der Waals surface area contributed by atoms with E-state index in [4.69, 9.17) is 0 Å². The molecule has 0 saturated carbocycles. The van der Waals surface area contributed by atoms with Crippen LogP contribution in [0.2, 0.25) is 0 Å². The van der Waals surface area contributed by atoms with Crippen molar-refractivity contribution in [1.82, 2.24) is 0 Å². The molecule has 4 heteroatoms. The number of aliphatic imine (C=N–C) groups is 1. The molecule has 0 bridgehead atoms. The number of rotatable bonds is 10. The van der Waals surface area contributed by atoms with Crippen molar-refractivity contribution in [2.75, 3.05) is 0 Å². The third-order valence-electron chi connectivity index (χ3n) is 4.35. The lowest BCUT2D eigenvalue weighted by molar-refractivity contribution is -0.108. The number of carbonyl (C=O) groups is 1. The largest absolute Gasteiger partial charge is 0.303 e. The lowest BCUT2D eigenvalue weighted by Crippen LogP contribution is -2.20. The Bertz CT molecular complexity index is 490. The number of benzene rings is 1. The number of aldehydes is 1. The van der Waals surface area contributed by atoms with Crippen molar-refractivity contribution in [1.29, 1.82) is 0 Å². The van der Waals surface area contributed by atoms with Crippen LogP contribution < -0.4 is 0 Å². The minimum Gasteiger partial charge on any atom is -0.303 e. The molecule has 0 aliphatic rings. The normalized spacial score (nSPS) is 15.1. The van der Waals surface area contributed by atoms with Gasteiger partial charge in [-0.15, -0.1) is 0 Å². The van der Waals surface area contributed by atoms with Gasteiger partial charge in [0.2, 0.25) is 0 Å². The fourth-order valence-corrected chi connectivity index (χ4v) is 2.95. The van der Waals surface area contributed by atoms with Gasteiger partial charge in [0.15, 0.2) is 11.6 Å². The molecule has 0 N–H and O–H groups in total. The first kappa shape index (κ1) is 18.5. The smallest absolute Gasteiger partial charge is 0.159 e. The maximum absolute atomic E-state index is 13.6. The van der Waals surface area contributed by atoms with Crippen LogP contribution in [0.1, 0.15) is 57.4 Å². The zero-order chi connectivity index (χ0) is 16.5. The Balaban J connectivity index is 3.03.